The summed E-state index contributed by atoms with van der Waals surface area (Å²) in [6, 6.07) is 17.0. The van der Waals surface area contributed by atoms with Crippen molar-refractivity contribution in [2.24, 2.45) is 0 Å². The normalized spacial score (nSPS) is 14.4. The highest BCUT2D eigenvalue weighted by Gasteiger charge is 2.35. The first-order chi connectivity index (χ1) is 16.7. The number of nitrogens with zero attached hydrogens (tertiary/aromatic N) is 3. The van der Waals surface area contributed by atoms with E-state index in [1.807, 2.05) is 31.2 Å². The number of benzene rings is 3. The van der Waals surface area contributed by atoms with Gasteiger partial charge in [-0.15, -0.1) is 0 Å². The Bertz CT molecular complexity index is 1370. The standard InChI is InChI=1S/C24H17N3O7S/c1-15-2-4-17(5-3-15)14-25-23(28)22(35-24(25)29)12-16-6-9-19(10-7-16)34-21-11-8-18(26(30)31)13-20(21)27(32)33/h2-13H,14H2,1H3/b22-12-. The number of carbonyl (C=O) groups is 2. The number of hydrogen-bond acceptors (Lipinski definition) is 8. The molecule has 1 aliphatic heterocycles. The Labute approximate surface area is 203 Å². The zero-order chi connectivity index (χ0) is 25.1. The van der Waals surface area contributed by atoms with Gasteiger partial charge in [-0.05, 0) is 54.1 Å². The minimum atomic E-state index is -0.760. The van der Waals surface area contributed by atoms with Crippen molar-refractivity contribution in [1.29, 1.82) is 0 Å². The second-order valence-electron chi connectivity index (χ2n) is 7.59. The molecular formula is C24H17N3O7S. The van der Waals surface area contributed by atoms with Crippen molar-refractivity contribution in [3.05, 3.63) is 109 Å². The van der Waals surface area contributed by atoms with Gasteiger partial charge in [-0.2, -0.15) is 0 Å². The zero-order valence-electron chi connectivity index (χ0n) is 18.2. The minimum absolute atomic E-state index is 0.148. The van der Waals surface area contributed by atoms with Crippen LogP contribution in [-0.4, -0.2) is 25.9 Å². The lowest BCUT2D eigenvalue weighted by Gasteiger charge is -2.12. The number of non-ortho nitro benzene ring substituents is 1. The van der Waals surface area contributed by atoms with E-state index >= 15 is 0 Å². The summed E-state index contributed by atoms with van der Waals surface area (Å²) in [5.74, 6) is -0.278. The highest BCUT2D eigenvalue weighted by atomic mass is 32.2. The molecule has 0 atom stereocenters. The molecule has 0 radical (unpaired) electrons. The van der Waals surface area contributed by atoms with Crippen molar-refractivity contribution in [1.82, 2.24) is 4.90 Å². The number of aryl methyl sites for hydroxylation is 1. The molecule has 0 N–H and O–H groups in total. The van der Waals surface area contributed by atoms with E-state index in [4.69, 9.17) is 4.74 Å². The highest BCUT2D eigenvalue weighted by molar-refractivity contribution is 8.18. The van der Waals surface area contributed by atoms with Gasteiger partial charge >= 0.3 is 5.69 Å². The second kappa shape index (κ2) is 9.77. The maximum atomic E-state index is 12.8. The summed E-state index contributed by atoms with van der Waals surface area (Å²) in [4.78, 5) is 47.3. The maximum Gasteiger partial charge on any atom is 0.318 e. The van der Waals surface area contributed by atoms with E-state index < -0.39 is 21.2 Å². The molecule has 3 aromatic rings. The molecule has 1 heterocycles. The van der Waals surface area contributed by atoms with Gasteiger partial charge in [0.25, 0.3) is 16.8 Å². The molecule has 0 aromatic heterocycles. The largest absolute Gasteiger partial charge is 0.450 e. The number of ether oxygens (including phenoxy) is 1. The molecule has 2 amide bonds. The van der Waals surface area contributed by atoms with Crippen LogP contribution in [-0.2, 0) is 11.3 Å². The topological polar surface area (TPSA) is 133 Å². The van der Waals surface area contributed by atoms with E-state index in [0.717, 1.165) is 41.1 Å². The maximum absolute atomic E-state index is 12.8. The molecule has 0 spiro atoms. The molecule has 1 aliphatic rings. The van der Waals surface area contributed by atoms with Gasteiger partial charge in [0.05, 0.1) is 27.4 Å². The molecule has 11 heteroatoms. The van der Waals surface area contributed by atoms with Crippen molar-refractivity contribution in [2.45, 2.75) is 13.5 Å². The predicted molar refractivity (Wildman–Crippen MR) is 129 cm³/mol. The quantitative estimate of drug-likeness (QED) is 0.229. The van der Waals surface area contributed by atoms with Gasteiger partial charge in [-0.1, -0.05) is 42.0 Å². The third-order valence-corrected chi connectivity index (χ3v) is 6.00. The Kier molecular flexibility index (Phi) is 6.60. The molecule has 1 saturated heterocycles. The molecule has 0 bridgehead atoms. The van der Waals surface area contributed by atoms with Crippen LogP contribution < -0.4 is 4.74 Å². The van der Waals surface area contributed by atoms with Crippen LogP contribution in [0.1, 0.15) is 16.7 Å². The van der Waals surface area contributed by atoms with Crippen LogP contribution in [0.25, 0.3) is 6.08 Å². The first-order valence-electron chi connectivity index (χ1n) is 10.2. The molecule has 1 fully saturated rings. The van der Waals surface area contributed by atoms with E-state index in [-0.39, 0.29) is 34.1 Å². The average Bonchev–Trinajstić information content (AvgIpc) is 3.09. The number of thioether (sulfide) groups is 1. The van der Waals surface area contributed by atoms with Gasteiger partial charge in [0.1, 0.15) is 5.75 Å². The molecule has 35 heavy (non-hydrogen) atoms. The number of nitro groups is 2. The fourth-order valence-corrected chi connectivity index (χ4v) is 4.11. The van der Waals surface area contributed by atoms with Gasteiger partial charge < -0.3 is 4.74 Å². The Morgan fingerprint density at radius 2 is 1.63 bits per heavy atom. The smallest absolute Gasteiger partial charge is 0.318 e. The van der Waals surface area contributed by atoms with E-state index in [1.165, 1.54) is 17.0 Å². The third kappa shape index (κ3) is 5.36. The van der Waals surface area contributed by atoms with Crippen LogP contribution in [0.2, 0.25) is 0 Å². The number of nitro benzene ring substituents is 2. The predicted octanol–water partition coefficient (Wildman–Crippen LogP) is 5.84. The lowest BCUT2D eigenvalue weighted by atomic mass is 10.1. The van der Waals surface area contributed by atoms with E-state index in [1.54, 1.807) is 18.2 Å². The van der Waals surface area contributed by atoms with Crippen molar-refractivity contribution < 1.29 is 24.2 Å². The highest BCUT2D eigenvalue weighted by Crippen LogP contribution is 2.36. The number of hydrogen-bond donors (Lipinski definition) is 0. The summed E-state index contributed by atoms with van der Waals surface area (Å²) in [6.45, 7) is 2.14. The molecule has 0 unspecified atom stereocenters. The SMILES string of the molecule is Cc1ccc(CN2C(=O)S/C(=C\c3ccc(Oc4ccc([N+](=O)[O-])cc4[N+](=O)[O-])cc3)C2=O)cc1. The van der Waals surface area contributed by atoms with Gasteiger partial charge in [0, 0.05) is 6.07 Å². The summed E-state index contributed by atoms with van der Waals surface area (Å²) < 4.78 is 5.54. The van der Waals surface area contributed by atoms with Gasteiger partial charge in [-0.3, -0.25) is 34.7 Å². The molecule has 4 rings (SSSR count). The Morgan fingerprint density at radius 3 is 2.26 bits per heavy atom. The number of rotatable bonds is 7. The fourth-order valence-electron chi connectivity index (χ4n) is 3.27. The zero-order valence-corrected chi connectivity index (χ0v) is 19.1. The Balaban J connectivity index is 1.48. The van der Waals surface area contributed by atoms with Gasteiger partial charge in [0.2, 0.25) is 5.75 Å². The van der Waals surface area contributed by atoms with Crippen molar-refractivity contribution >= 4 is 40.4 Å². The van der Waals surface area contributed by atoms with Crippen LogP contribution in [0.15, 0.2) is 71.6 Å². The average molecular weight is 491 g/mol. The first kappa shape index (κ1) is 23.6. The number of carbonyl (C=O) groups excluding carboxylic acids is 2. The van der Waals surface area contributed by atoms with E-state index in [0.29, 0.717) is 5.56 Å². The molecule has 176 valence electrons. The van der Waals surface area contributed by atoms with Crippen LogP contribution in [0, 0.1) is 27.2 Å². The molecule has 3 aromatic carbocycles. The lowest BCUT2D eigenvalue weighted by molar-refractivity contribution is -0.394. The van der Waals surface area contributed by atoms with Crippen molar-refractivity contribution in [2.75, 3.05) is 0 Å². The van der Waals surface area contributed by atoms with Crippen molar-refractivity contribution in [3.8, 4) is 11.5 Å². The van der Waals surface area contributed by atoms with E-state index in [9.17, 15) is 29.8 Å². The van der Waals surface area contributed by atoms with Crippen LogP contribution in [0.3, 0.4) is 0 Å². The van der Waals surface area contributed by atoms with Crippen LogP contribution >= 0.6 is 11.8 Å². The Hall–Kier alpha value is -4.51. The summed E-state index contributed by atoms with van der Waals surface area (Å²) in [7, 11) is 0. The Morgan fingerprint density at radius 1 is 0.943 bits per heavy atom. The lowest BCUT2D eigenvalue weighted by Crippen LogP contribution is -2.27. The number of imide groups is 1. The first-order valence-corrected chi connectivity index (χ1v) is 11.0. The number of amides is 2. The molecule has 0 aliphatic carbocycles. The van der Waals surface area contributed by atoms with Crippen LogP contribution in [0.5, 0.6) is 11.5 Å². The second-order valence-corrected chi connectivity index (χ2v) is 8.58. The molecular weight excluding hydrogens is 474 g/mol. The van der Waals surface area contributed by atoms with Crippen LogP contribution in [0.4, 0.5) is 16.2 Å². The third-order valence-electron chi connectivity index (χ3n) is 5.09. The summed E-state index contributed by atoms with van der Waals surface area (Å²) in [5.41, 5.74) is 1.59. The minimum Gasteiger partial charge on any atom is -0.450 e. The fraction of sp³-hybridized carbons (Fsp3) is 0.0833. The van der Waals surface area contributed by atoms with Crippen molar-refractivity contribution in [3.63, 3.8) is 0 Å². The van der Waals surface area contributed by atoms with E-state index in [2.05, 4.69) is 0 Å². The summed E-state index contributed by atoms with van der Waals surface area (Å²) in [6.07, 6.45) is 1.58. The molecule has 0 saturated carbocycles. The summed E-state index contributed by atoms with van der Waals surface area (Å²) in [5, 5.41) is 21.8. The molecule has 10 nitrogen and oxygen atoms in total. The van der Waals surface area contributed by atoms with Gasteiger partial charge in [0.15, 0.2) is 0 Å². The summed E-state index contributed by atoms with van der Waals surface area (Å²) >= 11 is 0.852. The van der Waals surface area contributed by atoms with Gasteiger partial charge in [-0.25, -0.2) is 0 Å². The monoisotopic (exact) mass is 491 g/mol.